The summed E-state index contributed by atoms with van der Waals surface area (Å²) in [6.45, 7) is 0.449. The number of carbonyl (C=O) groups excluding carboxylic acids is 1. The summed E-state index contributed by atoms with van der Waals surface area (Å²) in [6.07, 6.45) is 0. The normalized spacial score (nSPS) is 11.8. The van der Waals surface area contributed by atoms with Crippen LogP contribution in [-0.2, 0) is 16.6 Å². The standard InChI is InChI=1S/C12H14N2O3S3/c1-14(2)20(16,17)10-6-11(19-8-10)12(15)13-7-9-4-3-5-18-9/h3-6,8H,7H2,1-2H3,(H,13,15). The van der Waals surface area contributed by atoms with E-state index in [0.29, 0.717) is 11.4 Å². The largest absolute Gasteiger partial charge is 0.346 e. The minimum atomic E-state index is -3.48. The SMILES string of the molecule is CN(C)S(=O)(=O)c1csc(C(=O)NCc2cccs2)c1. The van der Waals surface area contributed by atoms with Crippen LogP contribution in [0.15, 0.2) is 33.9 Å². The van der Waals surface area contributed by atoms with Crippen LogP contribution in [0.1, 0.15) is 14.5 Å². The van der Waals surface area contributed by atoms with Crippen molar-refractivity contribution in [3.05, 3.63) is 38.7 Å². The smallest absolute Gasteiger partial charge is 0.261 e. The second-order valence-electron chi connectivity index (χ2n) is 4.20. The minimum absolute atomic E-state index is 0.147. The van der Waals surface area contributed by atoms with Crippen molar-refractivity contribution >= 4 is 38.6 Å². The van der Waals surface area contributed by atoms with Gasteiger partial charge >= 0.3 is 0 Å². The molecule has 0 aliphatic rings. The predicted octanol–water partition coefficient (Wildman–Crippen LogP) is 1.99. The van der Waals surface area contributed by atoms with E-state index < -0.39 is 10.0 Å². The van der Waals surface area contributed by atoms with Crippen LogP contribution in [0.5, 0.6) is 0 Å². The second-order valence-corrected chi connectivity index (χ2v) is 8.29. The van der Waals surface area contributed by atoms with Gasteiger partial charge in [0.25, 0.3) is 5.91 Å². The van der Waals surface area contributed by atoms with Gasteiger partial charge in [-0.25, -0.2) is 12.7 Å². The molecule has 108 valence electrons. The van der Waals surface area contributed by atoms with E-state index in [2.05, 4.69) is 5.32 Å². The van der Waals surface area contributed by atoms with Gasteiger partial charge in [0.05, 0.1) is 16.3 Å². The van der Waals surface area contributed by atoms with E-state index in [9.17, 15) is 13.2 Å². The Bertz CT molecular complexity index is 687. The van der Waals surface area contributed by atoms with Crippen LogP contribution in [0, 0.1) is 0 Å². The average molecular weight is 330 g/mol. The fraction of sp³-hybridized carbons (Fsp3) is 0.250. The van der Waals surface area contributed by atoms with Crippen LogP contribution in [0.2, 0.25) is 0 Å². The van der Waals surface area contributed by atoms with Gasteiger partial charge < -0.3 is 5.32 Å². The molecule has 20 heavy (non-hydrogen) atoms. The highest BCUT2D eigenvalue weighted by Gasteiger charge is 2.20. The highest BCUT2D eigenvalue weighted by molar-refractivity contribution is 7.89. The molecule has 0 radical (unpaired) electrons. The van der Waals surface area contributed by atoms with E-state index in [1.54, 1.807) is 11.3 Å². The lowest BCUT2D eigenvalue weighted by molar-refractivity contribution is 0.0955. The number of amides is 1. The first-order chi connectivity index (χ1) is 9.41. The molecule has 0 aliphatic heterocycles. The van der Waals surface area contributed by atoms with Crippen LogP contribution < -0.4 is 5.32 Å². The summed E-state index contributed by atoms with van der Waals surface area (Å²) in [6, 6.07) is 5.25. The van der Waals surface area contributed by atoms with Crippen molar-refractivity contribution < 1.29 is 13.2 Å². The van der Waals surface area contributed by atoms with Crippen molar-refractivity contribution in [3.63, 3.8) is 0 Å². The molecule has 0 saturated carbocycles. The highest BCUT2D eigenvalue weighted by Crippen LogP contribution is 2.21. The number of sulfonamides is 1. The van der Waals surface area contributed by atoms with Gasteiger partial charge in [-0.15, -0.1) is 22.7 Å². The third-order valence-corrected chi connectivity index (χ3v) is 6.33. The predicted molar refractivity (Wildman–Crippen MR) is 80.7 cm³/mol. The molecule has 5 nitrogen and oxygen atoms in total. The number of thiophene rings is 2. The van der Waals surface area contributed by atoms with Crippen LogP contribution in [-0.4, -0.2) is 32.7 Å². The first-order valence-electron chi connectivity index (χ1n) is 5.73. The van der Waals surface area contributed by atoms with E-state index in [-0.39, 0.29) is 10.8 Å². The summed E-state index contributed by atoms with van der Waals surface area (Å²) in [5.41, 5.74) is 0. The Morgan fingerprint density at radius 1 is 1.35 bits per heavy atom. The molecule has 1 N–H and O–H groups in total. The van der Waals surface area contributed by atoms with Crippen LogP contribution in [0.4, 0.5) is 0 Å². The third-order valence-electron chi connectivity index (χ3n) is 2.58. The highest BCUT2D eigenvalue weighted by atomic mass is 32.2. The number of hydrogen-bond acceptors (Lipinski definition) is 5. The first-order valence-corrected chi connectivity index (χ1v) is 8.93. The molecule has 0 aromatic carbocycles. The fourth-order valence-electron chi connectivity index (χ4n) is 1.45. The summed E-state index contributed by atoms with van der Waals surface area (Å²) in [4.78, 5) is 13.5. The number of nitrogens with one attached hydrogen (secondary N) is 1. The molecule has 0 spiro atoms. The molecular formula is C12H14N2O3S3. The van der Waals surface area contributed by atoms with Crippen molar-refractivity contribution in [2.45, 2.75) is 11.4 Å². The molecule has 8 heteroatoms. The Balaban J connectivity index is 2.07. The first kappa shape index (κ1) is 15.2. The molecule has 0 unspecified atom stereocenters. The summed E-state index contributed by atoms with van der Waals surface area (Å²) < 4.78 is 25.0. The van der Waals surface area contributed by atoms with Gasteiger partial charge in [-0.3, -0.25) is 4.79 Å². The van der Waals surface area contributed by atoms with Gasteiger partial charge in [0.1, 0.15) is 0 Å². The molecule has 0 bridgehead atoms. The minimum Gasteiger partial charge on any atom is -0.346 e. The second kappa shape index (κ2) is 6.04. The van der Waals surface area contributed by atoms with Gasteiger partial charge in [0.2, 0.25) is 10.0 Å². The lowest BCUT2D eigenvalue weighted by Crippen LogP contribution is -2.22. The average Bonchev–Trinajstić information content (AvgIpc) is 3.07. The van der Waals surface area contributed by atoms with Gasteiger partial charge in [0, 0.05) is 24.4 Å². The van der Waals surface area contributed by atoms with Gasteiger partial charge in [-0.05, 0) is 17.5 Å². The van der Waals surface area contributed by atoms with E-state index >= 15 is 0 Å². The van der Waals surface area contributed by atoms with Crippen molar-refractivity contribution in [3.8, 4) is 0 Å². The molecule has 0 aliphatic carbocycles. The van der Waals surface area contributed by atoms with Crippen LogP contribution in [0.3, 0.4) is 0 Å². The molecular weight excluding hydrogens is 316 g/mol. The van der Waals surface area contributed by atoms with E-state index in [4.69, 9.17) is 0 Å². The van der Waals surface area contributed by atoms with E-state index in [0.717, 1.165) is 20.5 Å². The Morgan fingerprint density at radius 2 is 2.10 bits per heavy atom. The Labute approximate surface area is 125 Å². The van der Waals surface area contributed by atoms with Crippen LogP contribution >= 0.6 is 22.7 Å². The van der Waals surface area contributed by atoms with Gasteiger partial charge in [0.15, 0.2) is 0 Å². The molecule has 2 aromatic heterocycles. The Kier molecular flexibility index (Phi) is 4.59. The van der Waals surface area contributed by atoms with Crippen molar-refractivity contribution in [1.29, 1.82) is 0 Å². The Morgan fingerprint density at radius 3 is 2.70 bits per heavy atom. The molecule has 1 amide bonds. The topological polar surface area (TPSA) is 66.5 Å². The zero-order chi connectivity index (χ0) is 14.8. The maximum absolute atomic E-state index is 11.9. The monoisotopic (exact) mass is 330 g/mol. The maximum atomic E-state index is 11.9. The van der Waals surface area contributed by atoms with Crippen molar-refractivity contribution in [1.82, 2.24) is 9.62 Å². The summed E-state index contributed by atoms with van der Waals surface area (Å²) in [7, 11) is -0.558. The number of nitrogens with zero attached hydrogens (tertiary/aromatic N) is 1. The molecule has 0 saturated heterocycles. The summed E-state index contributed by atoms with van der Waals surface area (Å²) >= 11 is 2.68. The lowest BCUT2D eigenvalue weighted by atomic mass is 10.4. The molecule has 0 fully saturated rings. The van der Waals surface area contributed by atoms with Gasteiger partial charge in [-0.1, -0.05) is 6.07 Å². The van der Waals surface area contributed by atoms with Crippen molar-refractivity contribution in [2.75, 3.05) is 14.1 Å². The van der Waals surface area contributed by atoms with E-state index in [1.807, 2.05) is 17.5 Å². The summed E-state index contributed by atoms with van der Waals surface area (Å²) in [5.74, 6) is -0.261. The lowest BCUT2D eigenvalue weighted by Gasteiger charge is -2.08. The number of carbonyl (C=O) groups is 1. The third kappa shape index (κ3) is 3.26. The number of hydrogen-bond donors (Lipinski definition) is 1. The van der Waals surface area contributed by atoms with Crippen LogP contribution in [0.25, 0.3) is 0 Å². The molecule has 2 heterocycles. The molecule has 2 rings (SSSR count). The maximum Gasteiger partial charge on any atom is 0.261 e. The quantitative estimate of drug-likeness (QED) is 0.912. The van der Waals surface area contributed by atoms with Gasteiger partial charge in [-0.2, -0.15) is 0 Å². The number of rotatable bonds is 5. The van der Waals surface area contributed by atoms with E-state index in [1.165, 1.54) is 25.5 Å². The fourth-order valence-corrected chi connectivity index (χ4v) is 4.18. The zero-order valence-electron chi connectivity index (χ0n) is 11.0. The summed E-state index contributed by atoms with van der Waals surface area (Å²) in [5, 5.41) is 6.19. The Hall–Kier alpha value is -1.22. The zero-order valence-corrected chi connectivity index (χ0v) is 13.4. The van der Waals surface area contributed by atoms with Crippen molar-refractivity contribution in [2.24, 2.45) is 0 Å². The molecule has 0 atom stereocenters. The molecule has 2 aromatic rings.